The molecule has 1 fully saturated rings. The first-order chi connectivity index (χ1) is 8.09. The van der Waals surface area contributed by atoms with Gasteiger partial charge >= 0.3 is 0 Å². The van der Waals surface area contributed by atoms with Crippen LogP contribution >= 0.6 is 0 Å². The van der Waals surface area contributed by atoms with E-state index in [1.807, 2.05) is 0 Å². The molecule has 94 valence electrons. The minimum atomic E-state index is -0.0201. The first-order valence-electron chi connectivity index (χ1n) is 6.53. The number of hydrogen-bond donors (Lipinski definition) is 0. The van der Waals surface area contributed by atoms with Crippen LogP contribution in [0.2, 0.25) is 0 Å². The summed E-state index contributed by atoms with van der Waals surface area (Å²) < 4.78 is 6.05. The highest BCUT2D eigenvalue weighted by atomic mass is 16.5. The second-order valence-corrected chi connectivity index (χ2v) is 5.56. The van der Waals surface area contributed by atoms with Crippen LogP contribution in [-0.2, 0) is 11.3 Å². The maximum atomic E-state index is 6.05. The lowest BCUT2D eigenvalue weighted by Crippen LogP contribution is -2.52. The third kappa shape index (κ3) is 3.55. The number of nitrogens with zero attached hydrogens (tertiary/aromatic N) is 1. The van der Waals surface area contributed by atoms with Gasteiger partial charge in [0, 0.05) is 19.6 Å². The van der Waals surface area contributed by atoms with Crippen molar-refractivity contribution < 1.29 is 4.74 Å². The number of ether oxygens (including phenoxy) is 1. The van der Waals surface area contributed by atoms with Crippen LogP contribution in [0.15, 0.2) is 30.3 Å². The second-order valence-electron chi connectivity index (χ2n) is 5.56. The number of morpholine rings is 1. The van der Waals surface area contributed by atoms with E-state index in [0.717, 1.165) is 26.1 Å². The SMILES string of the molecule is CC[C@H]1CN(Cc2ccccc2)CC(C)(C)O1. The Kier molecular flexibility index (Phi) is 3.85. The van der Waals surface area contributed by atoms with Crippen LogP contribution < -0.4 is 0 Å². The van der Waals surface area contributed by atoms with Gasteiger partial charge in [0.1, 0.15) is 0 Å². The summed E-state index contributed by atoms with van der Waals surface area (Å²) in [6, 6.07) is 10.7. The zero-order valence-corrected chi connectivity index (χ0v) is 11.1. The Balaban J connectivity index is 2.01. The first-order valence-corrected chi connectivity index (χ1v) is 6.53. The summed E-state index contributed by atoms with van der Waals surface area (Å²) in [5.41, 5.74) is 1.37. The van der Waals surface area contributed by atoms with E-state index in [4.69, 9.17) is 4.74 Å². The van der Waals surface area contributed by atoms with Gasteiger partial charge in [-0.2, -0.15) is 0 Å². The van der Waals surface area contributed by atoms with E-state index in [0.29, 0.717) is 6.10 Å². The van der Waals surface area contributed by atoms with Crippen molar-refractivity contribution in [1.82, 2.24) is 4.90 Å². The largest absolute Gasteiger partial charge is 0.370 e. The Morgan fingerprint density at radius 2 is 2.00 bits per heavy atom. The Hall–Kier alpha value is -0.860. The van der Waals surface area contributed by atoms with Gasteiger partial charge in [-0.05, 0) is 25.8 Å². The van der Waals surface area contributed by atoms with Crippen molar-refractivity contribution in [3.05, 3.63) is 35.9 Å². The second kappa shape index (κ2) is 5.19. The Bertz CT molecular complexity index is 347. The van der Waals surface area contributed by atoms with Crippen LogP contribution in [0.5, 0.6) is 0 Å². The van der Waals surface area contributed by atoms with Gasteiger partial charge < -0.3 is 4.74 Å². The summed E-state index contributed by atoms with van der Waals surface area (Å²) in [7, 11) is 0. The van der Waals surface area contributed by atoms with Gasteiger partial charge in [0.25, 0.3) is 0 Å². The average Bonchev–Trinajstić information content (AvgIpc) is 2.28. The highest BCUT2D eigenvalue weighted by Crippen LogP contribution is 2.23. The quantitative estimate of drug-likeness (QED) is 0.795. The van der Waals surface area contributed by atoms with E-state index >= 15 is 0 Å². The molecule has 17 heavy (non-hydrogen) atoms. The summed E-state index contributed by atoms with van der Waals surface area (Å²) in [6.45, 7) is 9.67. The standard InChI is InChI=1S/C15H23NO/c1-4-14-11-16(12-15(2,3)17-14)10-13-8-6-5-7-9-13/h5-9,14H,4,10-12H2,1-3H3/t14-/m0/s1. The lowest BCUT2D eigenvalue weighted by molar-refractivity contribution is -0.138. The molecule has 1 aromatic carbocycles. The Morgan fingerprint density at radius 3 is 2.65 bits per heavy atom. The third-order valence-corrected chi connectivity index (χ3v) is 3.26. The summed E-state index contributed by atoms with van der Waals surface area (Å²) >= 11 is 0. The molecule has 1 atom stereocenters. The molecule has 0 saturated carbocycles. The fraction of sp³-hybridized carbons (Fsp3) is 0.600. The predicted octanol–water partition coefficient (Wildman–Crippen LogP) is 3.08. The number of hydrogen-bond acceptors (Lipinski definition) is 2. The average molecular weight is 233 g/mol. The molecule has 0 aliphatic carbocycles. The highest BCUT2D eigenvalue weighted by molar-refractivity contribution is 5.14. The molecule has 0 aromatic heterocycles. The van der Waals surface area contributed by atoms with Crippen LogP contribution in [-0.4, -0.2) is 29.7 Å². The van der Waals surface area contributed by atoms with Gasteiger partial charge in [-0.3, -0.25) is 4.90 Å². The predicted molar refractivity (Wildman–Crippen MR) is 71.0 cm³/mol. The molecule has 1 aliphatic rings. The van der Waals surface area contributed by atoms with Crippen molar-refractivity contribution in [2.75, 3.05) is 13.1 Å². The molecule has 1 aromatic rings. The molecule has 0 amide bonds. The lowest BCUT2D eigenvalue weighted by atomic mass is 10.0. The zero-order chi connectivity index (χ0) is 12.3. The van der Waals surface area contributed by atoms with Crippen molar-refractivity contribution >= 4 is 0 Å². The molecule has 1 aliphatic heterocycles. The van der Waals surface area contributed by atoms with Crippen LogP contribution in [0, 0.1) is 0 Å². The molecule has 0 radical (unpaired) electrons. The van der Waals surface area contributed by atoms with Crippen molar-refractivity contribution in [3.63, 3.8) is 0 Å². The van der Waals surface area contributed by atoms with Crippen LogP contribution in [0.1, 0.15) is 32.8 Å². The van der Waals surface area contributed by atoms with Gasteiger partial charge in [-0.15, -0.1) is 0 Å². The third-order valence-electron chi connectivity index (χ3n) is 3.26. The summed E-state index contributed by atoms with van der Waals surface area (Å²) in [5.74, 6) is 0. The molecule has 1 saturated heterocycles. The molecule has 0 bridgehead atoms. The molecular weight excluding hydrogens is 210 g/mol. The Morgan fingerprint density at radius 1 is 1.29 bits per heavy atom. The fourth-order valence-corrected chi connectivity index (χ4v) is 2.59. The van der Waals surface area contributed by atoms with Gasteiger partial charge in [0.2, 0.25) is 0 Å². The number of rotatable bonds is 3. The lowest BCUT2D eigenvalue weighted by Gasteiger charge is -2.42. The summed E-state index contributed by atoms with van der Waals surface area (Å²) in [4.78, 5) is 2.51. The normalized spacial score (nSPS) is 24.8. The van der Waals surface area contributed by atoms with Crippen molar-refractivity contribution in [3.8, 4) is 0 Å². The molecular formula is C15H23NO. The molecule has 0 spiro atoms. The monoisotopic (exact) mass is 233 g/mol. The maximum Gasteiger partial charge on any atom is 0.0757 e. The van der Waals surface area contributed by atoms with Crippen LogP contribution in [0.3, 0.4) is 0 Å². The van der Waals surface area contributed by atoms with E-state index in [1.165, 1.54) is 5.56 Å². The zero-order valence-electron chi connectivity index (χ0n) is 11.1. The van der Waals surface area contributed by atoms with E-state index in [-0.39, 0.29) is 5.60 Å². The molecule has 2 nitrogen and oxygen atoms in total. The molecule has 2 heteroatoms. The Labute approximate surface area is 105 Å². The topological polar surface area (TPSA) is 12.5 Å². The van der Waals surface area contributed by atoms with Crippen LogP contribution in [0.25, 0.3) is 0 Å². The van der Waals surface area contributed by atoms with E-state index in [2.05, 4.69) is 56.0 Å². The minimum Gasteiger partial charge on any atom is -0.370 e. The van der Waals surface area contributed by atoms with Crippen molar-refractivity contribution in [2.24, 2.45) is 0 Å². The van der Waals surface area contributed by atoms with Crippen LogP contribution in [0.4, 0.5) is 0 Å². The minimum absolute atomic E-state index is 0.0201. The van der Waals surface area contributed by atoms with E-state index < -0.39 is 0 Å². The highest BCUT2D eigenvalue weighted by Gasteiger charge is 2.32. The molecule has 1 heterocycles. The van der Waals surface area contributed by atoms with Gasteiger partial charge in [0.15, 0.2) is 0 Å². The molecule has 0 unspecified atom stereocenters. The van der Waals surface area contributed by atoms with Crippen molar-refractivity contribution in [1.29, 1.82) is 0 Å². The maximum absolute atomic E-state index is 6.05. The number of benzene rings is 1. The molecule has 0 N–H and O–H groups in total. The smallest absolute Gasteiger partial charge is 0.0757 e. The van der Waals surface area contributed by atoms with Gasteiger partial charge in [-0.1, -0.05) is 37.3 Å². The van der Waals surface area contributed by atoms with E-state index in [9.17, 15) is 0 Å². The van der Waals surface area contributed by atoms with Gasteiger partial charge in [0.05, 0.1) is 11.7 Å². The summed E-state index contributed by atoms with van der Waals surface area (Å²) in [6.07, 6.45) is 1.47. The fourth-order valence-electron chi connectivity index (χ4n) is 2.59. The molecule has 2 rings (SSSR count). The first kappa shape index (κ1) is 12.6. The van der Waals surface area contributed by atoms with E-state index in [1.54, 1.807) is 0 Å². The summed E-state index contributed by atoms with van der Waals surface area (Å²) in [5, 5.41) is 0. The van der Waals surface area contributed by atoms with Crippen molar-refractivity contribution in [2.45, 2.75) is 45.4 Å². The van der Waals surface area contributed by atoms with Gasteiger partial charge in [-0.25, -0.2) is 0 Å².